The second-order valence-electron chi connectivity index (χ2n) is 17.9. The van der Waals surface area contributed by atoms with Crippen molar-refractivity contribution in [3.8, 4) is 39.2 Å². The highest BCUT2D eigenvalue weighted by molar-refractivity contribution is 6.12. The molecule has 4 nitrogen and oxygen atoms in total. The molecule has 1 aliphatic rings. The average Bonchev–Trinajstić information content (AvgIpc) is 3.71. The van der Waals surface area contributed by atoms with Crippen LogP contribution in [0.3, 0.4) is 0 Å². The molecule has 0 amide bonds. The molecule has 318 valence electrons. The van der Waals surface area contributed by atoms with E-state index in [0.717, 1.165) is 89.2 Å². The summed E-state index contributed by atoms with van der Waals surface area (Å²) in [7, 11) is 0. The van der Waals surface area contributed by atoms with Gasteiger partial charge in [0.25, 0.3) is 0 Å². The Bertz CT molecular complexity index is 3800. The molecule has 67 heavy (non-hydrogen) atoms. The lowest BCUT2D eigenvalue weighted by Crippen LogP contribution is -2.31. The first-order valence-electron chi connectivity index (χ1n) is 22.9. The summed E-state index contributed by atoms with van der Waals surface area (Å²) in [5, 5.41) is 4.58. The van der Waals surface area contributed by atoms with Gasteiger partial charge in [0.05, 0.1) is 33.4 Å². The molecule has 0 unspecified atom stereocenters. The van der Waals surface area contributed by atoms with Gasteiger partial charge in [-0.3, -0.25) is 9.47 Å². The van der Waals surface area contributed by atoms with Gasteiger partial charge in [-0.1, -0.05) is 197 Å². The van der Waals surface area contributed by atoms with Crippen LogP contribution < -0.4 is 4.90 Å². The Balaban J connectivity index is 1.09. The molecule has 12 rings (SSSR count). The smallest absolute Gasteiger partial charge is 0.138 e. The maximum atomic E-state index is 5.50. The molecule has 1 aliphatic heterocycles. The van der Waals surface area contributed by atoms with Gasteiger partial charge in [0, 0.05) is 27.0 Å². The van der Waals surface area contributed by atoms with E-state index in [-0.39, 0.29) is 5.41 Å². The summed E-state index contributed by atoms with van der Waals surface area (Å²) in [4.78, 5) is 13.3. The van der Waals surface area contributed by atoms with Crippen LogP contribution in [-0.2, 0) is 5.41 Å². The van der Waals surface area contributed by atoms with Crippen LogP contribution >= 0.6 is 0 Å². The Morgan fingerprint density at radius 3 is 1.70 bits per heavy atom. The number of pyridine rings is 2. The van der Waals surface area contributed by atoms with E-state index in [1.807, 2.05) is 12.2 Å². The van der Waals surface area contributed by atoms with Crippen LogP contribution in [0.1, 0.15) is 30.5 Å². The molecule has 0 saturated carbocycles. The zero-order valence-corrected chi connectivity index (χ0v) is 37.5. The molecule has 0 atom stereocenters. The largest absolute Gasteiger partial charge is 0.294 e. The van der Waals surface area contributed by atoms with Gasteiger partial charge in [-0.25, -0.2) is 9.97 Å². The number of nitrogens with zero attached hydrogens (tertiary/aromatic N) is 4. The van der Waals surface area contributed by atoms with Crippen LogP contribution in [0.5, 0.6) is 0 Å². The molecule has 0 radical (unpaired) electrons. The molecular weight excluding hydrogens is 813 g/mol. The first-order chi connectivity index (χ1) is 32.9. The third kappa shape index (κ3) is 6.52. The number of para-hydroxylation sites is 4. The van der Waals surface area contributed by atoms with Crippen molar-refractivity contribution in [1.82, 2.24) is 14.5 Å². The number of aromatic nitrogens is 3. The van der Waals surface area contributed by atoms with E-state index in [0.29, 0.717) is 0 Å². The third-order valence-corrected chi connectivity index (χ3v) is 13.7. The van der Waals surface area contributed by atoms with Gasteiger partial charge in [0.1, 0.15) is 11.6 Å². The monoisotopic (exact) mass is 858 g/mol. The maximum Gasteiger partial charge on any atom is 0.138 e. The molecular formula is C63H46N4. The van der Waals surface area contributed by atoms with Crippen molar-refractivity contribution in [3.63, 3.8) is 0 Å². The van der Waals surface area contributed by atoms with Gasteiger partial charge in [0.15, 0.2) is 0 Å². The van der Waals surface area contributed by atoms with Crippen LogP contribution in [0.2, 0.25) is 0 Å². The summed E-state index contributed by atoms with van der Waals surface area (Å²) < 4.78 is 2.37. The van der Waals surface area contributed by atoms with Crippen LogP contribution in [0, 0.1) is 0 Å². The van der Waals surface area contributed by atoms with Crippen LogP contribution in [0.25, 0.3) is 88.4 Å². The summed E-state index contributed by atoms with van der Waals surface area (Å²) in [6.07, 6.45) is 5.67. The van der Waals surface area contributed by atoms with Gasteiger partial charge >= 0.3 is 0 Å². The summed E-state index contributed by atoms with van der Waals surface area (Å²) in [5.74, 6) is 1.72. The van der Waals surface area contributed by atoms with E-state index < -0.39 is 0 Å². The summed E-state index contributed by atoms with van der Waals surface area (Å²) in [6.45, 7) is 12.7. The predicted molar refractivity (Wildman–Crippen MR) is 283 cm³/mol. The number of benzene rings is 8. The van der Waals surface area contributed by atoms with E-state index in [4.69, 9.17) is 9.97 Å². The Kier molecular flexibility index (Phi) is 9.44. The summed E-state index contributed by atoms with van der Waals surface area (Å²) in [5.41, 5.74) is 17.4. The number of hydrogen-bond acceptors (Lipinski definition) is 3. The zero-order valence-electron chi connectivity index (χ0n) is 37.5. The average molecular weight is 859 g/mol. The molecule has 4 heterocycles. The number of hydrogen-bond donors (Lipinski definition) is 0. The Hall–Kier alpha value is -8.60. The first-order valence-corrected chi connectivity index (χ1v) is 22.9. The lowest BCUT2D eigenvalue weighted by Gasteiger charge is -2.41. The number of fused-ring (bicyclic) bond motifs is 7. The second-order valence-corrected chi connectivity index (χ2v) is 17.9. The molecule has 0 bridgehead atoms. The Labute approximate surface area is 390 Å². The normalized spacial score (nSPS) is 13.2. The highest BCUT2D eigenvalue weighted by Gasteiger charge is 2.38. The summed E-state index contributed by atoms with van der Waals surface area (Å²) >= 11 is 0. The molecule has 0 saturated heterocycles. The molecule has 0 N–H and O–H groups in total. The number of rotatable bonds is 8. The molecule has 11 aromatic rings. The molecule has 0 aliphatic carbocycles. The highest BCUT2D eigenvalue weighted by atomic mass is 15.2. The lowest BCUT2D eigenvalue weighted by molar-refractivity contribution is 0.632. The standard InChI is InChI=1S/C63H46N4/c1-5-18-41(6-2)43-29-33-45(34-30-43)51-39-62(65-56-26-15-11-22-48(51)56)67-58-28-17-13-24-53(58)63(3,4)54-37-52-49-23-12-16-27-57(49)66(59(52)40-60(54)67)61-38-50(47-21-10-14-25-55(47)64-61)46-35-31-44(32-36-46)42-19-8-7-9-20-42/h5-40H,1-2H2,3-4H3/b41-18+. The Morgan fingerprint density at radius 2 is 1.01 bits per heavy atom. The van der Waals surface area contributed by atoms with Gasteiger partial charge < -0.3 is 0 Å². The topological polar surface area (TPSA) is 34.0 Å². The van der Waals surface area contributed by atoms with Gasteiger partial charge in [0.2, 0.25) is 0 Å². The zero-order chi connectivity index (χ0) is 45.2. The van der Waals surface area contributed by atoms with Crippen LogP contribution in [0.4, 0.5) is 17.2 Å². The second kappa shape index (κ2) is 15.8. The minimum Gasteiger partial charge on any atom is -0.294 e. The van der Waals surface area contributed by atoms with Crippen molar-refractivity contribution in [2.75, 3.05) is 4.90 Å². The van der Waals surface area contributed by atoms with E-state index >= 15 is 0 Å². The minimum atomic E-state index is -0.322. The summed E-state index contributed by atoms with van der Waals surface area (Å²) in [6, 6.07) is 72.1. The molecule has 0 spiro atoms. The third-order valence-electron chi connectivity index (χ3n) is 13.7. The predicted octanol–water partition coefficient (Wildman–Crippen LogP) is 16.7. The van der Waals surface area contributed by atoms with Crippen molar-refractivity contribution in [1.29, 1.82) is 0 Å². The fourth-order valence-corrected chi connectivity index (χ4v) is 10.4. The van der Waals surface area contributed by atoms with E-state index in [9.17, 15) is 0 Å². The van der Waals surface area contributed by atoms with Crippen molar-refractivity contribution >= 4 is 66.4 Å². The number of anilines is 3. The van der Waals surface area contributed by atoms with Gasteiger partial charge in [-0.05, 0) is 104 Å². The van der Waals surface area contributed by atoms with Crippen molar-refractivity contribution in [3.05, 3.63) is 248 Å². The van der Waals surface area contributed by atoms with Crippen molar-refractivity contribution < 1.29 is 0 Å². The molecule has 8 aromatic carbocycles. The molecule has 3 aromatic heterocycles. The fourth-order valence-electron chi connectivity index (χ4n) is 10.4. The highest BCUT2D eigenvalue weighted by Crippen LogP contribution is 2.54. The van der Waals surface area contributed by atoms with Crippen LogP contribution in [-0.4, -0.2) is 14.5 Å². The first kappa shape index (κ1) is 40.0. The Morgan fingerprint density at radius 1 is 0.463 bits per heavy atom. The van der Waals surface area contributed by atoms with Crippen molar-refractivity contribution in [2.24, 2.45) is 0 Å². The van der Waals surface area contributed by atoms with Crippen molar-refractivity contribution in [2.45, 2.75) is 19.3 Å². The van der Waals surface area contributed by atoms with E-state index in [2.05, 4.69) is 237 Å². The fraction of sp³-hybridized carbons (Fsp3) is 0.0476. The number of allylic oxidation sites excluding steroid dienone is 4. The van der Waals surface area contributed by atoms with Crippen LogP contribution in [0.15, 0.2) is 232 Å². The maximum absolute atomic E-state index is 5.50. The van der Waals surface area contributed by atoms with E-state index in [1.54, 1.807) is 6.08 Å². The molecule has 4 heteroatoms. The lowest BCUT2D eigenvalue weighted by atomic mass is 9.73. The SMILES string of the molecule is C=C/C=C(\C=C)c1ccc(-c2cc(N3c4ccccc4C(C)(C)c4cc5c6ccccc6n(-c6cc(-c7ccc(-c8ccccc8)cc7)c7ccccc7n6)c5cc43)nc3ccccc23)cc1. The quantitative estimate of drug-likeness (QED) is 0.143. The van der Waals surface area contributed by atoms with Gasteiger partial charge in [-0.2, -0.15) is 0 Å². The molecule has 0 fully saturated rings. The van der Waals surface area contributed by atoms with E-state index in [1.165, 1.54) is 33.0 Å². The van der Waals surface area contributed by atoms with Gasteiger partial charge in [-0.15, -0.1) is 0 Å². The minimum absolute atomic E-state index is 0.322.